The number of fused-ring (bicyclic) bond motifs is 1. The second kappa shape index (κ2) is 9.89. The van der Waals surface area contributed by atoms with Crippen molar-refractivity contribution in [2.45, 2.75) is 52.2 Å². The van der Waals surface area contributed by atoms with E-state index in [0.29, 0.717) is 24.4 Å². The highest BCUT2D eigenvalue weighted by Crippen LogP contribution is 2.30. The number of carbonyl (C=O) groups excluding carboxylic acids is 1. The van der Waals surface area contributed by atoms with E-state index < -0.39 is 5.60 Å². The van der Waals surface area contributed by atoms with Crippen LogP contribution in [0.2, 0.25) is 0 Å². The van der Waals surface area contributed by atoms with Crippen LogP contribution in [0, 0.1) is 12.8 Å². The zero-order valence-corrected chi connectivity index (χ0v) is 19.6. The molecule has 174 valence electrons. The topological polar surface area (TPSA) is 83.5 Å². The molecule has 0 atom stereocenters. The molecule has 6 heteroatoms. The first-order valence-electron chi connectivity index (χ1n) is 11.6. The van der Waals surface area contributed by atoms with Crippen LogP contribution in [0.15, 0.2) is 48.7 Å². The maximum atomic E-state index is 12.8. The molecule has 1 saturated carbocycles. The third-order valence-electron chi connectivity index (χ3n) is 5.95. The van der Waals surface area contributed by atoms with Crippen molar-refractivity contribution in [3.05, 3.63) is 65.4 Å². The van der Waals surface area contributed by atoms with Crippen LogP contribution in [0.25, 0.3) is 10.9 Å². The molecule has 6 nitrogen and oxygen atoms in total. The number of aryl methyl sites for hydroxylation is 1. The van der Waals surface area contributed by atoms with Gasteiger partial charge in [-0.3, -0.25) is 9.78 Å². The summed E-state index contributed by atoms with van der Waals surface area (Å²) in [6.45, 7) is 7.78. The smallest absolute Gasteiger partial charge is 0.255 e. The Labute approximate surface area is 195 Å². The van der Waals surface area contributed by atoms with Gasteiger partial charge < -0.3 is 20.5 Å². The molecule has 2 aromatic carbocycles. The Morgan fingerprint density at radius 1 is 1.18 bits per heavy atom. The molecule has 0 saturated heterocycles. The summed E-state index contributed by atoms with van der Waals surface area (Å²) in [6.07, 6.45) is 5.05. The van der Waals surface area contributed by atoms with Gasteiger partial charge in [-0.05, 0) is 100 Å². The number of nitrogens with zero attached hydrogens (tertiary/aromatic N) is 1. The molecule has 0 aliphatic heterocycles. The number of nitrogens with one attached hydrogen (secondary N) is 2. The van der Waals surface area contributed by atoms with Crippen molar-refractivity contribution in [2.24, 2.45) is 5.92 Å². The normalized spacial score (nSPS) is 13.8. The van der Waals surface area contributed by atoms with E-state index in [2.05, 4.69) is 21.7 Å². The van der Waals surface area contributed by atoms with Crippen LogP contribution in [0.5, 0.6) is 5.75 Å². The van der Waals surface area contributed by atoms with E-state index >= 15 is 0 Å². The Kier molecular flexibility index (Phi) is 6.96. The first-order chi connectivity index (χ1) is 15.8. The average Bonchev–Trinajstić information content (AvgIpc) is 3.61. The van der Waals surface area contributed by atoms with E-state index in [9.17, 15) is 9.90 Å². The van der Waals surface area contributed by atoms with Crippen molar-refractivity contribution in [2.75, 3.05) is 18.5 Å². The largest absolute Gasteiger partial charge is 0.493 e. The van der Waals surface area contributed by atoms with Crippen LogP contribution in [-0.4, -0.2) is 34.8 Å². The standard InChI is InChI=1S/C27H33N3O3/c1-18-24(30-26(31)21-6-9-23(10-7-21)33-17-19-4-5-19)11-8-22-14-20(16-29-25(18)22)15-28-13-12-27(2,3)32/h6-11,14,16,19,28,32H,4-5,12-13,15,17H2,1-3H3,(H,30,31). The number of rotatable bonds is 10. The number of hydrogen-bond acceptors (Lipinski definition) is 5. The van der Waals surface area contributed by atoms with Gasteiger partial charge in [-0.25, -0.2) is 0 Å². The number of ether oxygens (including phenoxy) is 1. The van der Waals surface area contributed by atoms with E-state index in [1.54, 1.807) is 12.1 Å². The molecule has 3 N–H and O–H groups in total. The first kappa shape index (κ1) is 23.2. The van der Waals surface area contributed by atoms with Gasteiger partial charge in [0.05, 0.1) is 17.7 Å². The van der Waals surface area contributed by atoms with E-state index in [1.807, 2.05) is 51.2 Å². The van der Waals surface area contributed by atoms with Gasteiger partial charge in [0.25, 0.3) is 5.91 Å². The summed E-state index contributed by atoms with van der Waals surface area (Å²) in [5.74, 6) is 1.34. The van der Waals surface area contributed by atoms with Crippen LogP contribution < -0.4 is 15.4 Å². The lowest BCUT2D eigenvalue weighted by Crippen LogP contribution is -2.26. The molecule has 1 heterocycles. The number of pyridine rings is 1. The number of aromatic nitrogens is 1. The number of anilines is 1. The van der Waals surface area contributed by atoms with Crippen LogP contribution >= 0.6 is 0 Å². The lowest BCUT2D eigenvalue weighted by molar-refractivity contribution is 0.0711. The molecule has 0 unspecified atom stereocenters. The number of hydrogen-bond donors (Lipinski definition) is 3. The minimum atomic E-state index is -0.668. The Hall–Kier alpha value is -2.96. The van der Waals surface area contributed by atoms with Gasteiger partial charge in [-0.2, -0.15) is 0 Å². The molecule has 1 amide bonds. The fourth-order valence-corrected chi connectivity index (χ4v) is 3.65. The summed E-state index contributed by atoms with van der Waals surface area (Å²) in [7, 11) is 0. The summed E-state index contributed by atoms with van der Waals surface area (Å²) >= 11 is 0. The van der Waals surface area contributed by atoms with Crippen molar-refractivity contribution in [1.82, 2.24) is 10.3 Å². The van der Waals surface area contributed by atoms with Crippen molar-refractivity contribution in [3.8, 4) is 5.75 Å². The van der Waals surface area contributed by atoms with Crippen molar-refractivity contribution < 1.29 is 14.6 Å². The van der Waals surface area contributed by atoms with Gasteiger partial charge in [0, 0.05) is 29.4 Å². The summed E-state index contributed by atoms with van der Waals surface area (Å²) in [6, 6.07) is 13.3. The van der Waals surface area contributed by atoms with Gasteiger partial charge >= 0.3 is 0 Å². The van der Waals surface area contributed by atoms with Crippen LogP contribution in [0.4, 0.5) is 5.69 Å². The Balaban J connectivity index is 1.38. The summed E-state index contributed by atoms with van der Waals surface area (Å²) in [5, 5.41) is 17.2. The SMILES string of the molecule is Cc1c(NC(=O)c2ccc(OCC3CC3)cc2)ccc2cc(CNCCC(C)(C)O)cnc12. The van der Waals surface area contributed by atoms with Gasteiger partial charge in [-0.15, -0.1) is 0 Å². The van der Waals surface area contributed by atoms with E-state index in [4.69, 9.17) is 4.74 Å². The number of aliphatic hydroxyl groups is 1. The maximum absolute atomic E-state index is 12.8. The fraction of sp³-hybridized carbons (Fsp3) is 0.407. The molecule has 1 aliphatic rings. The molecular formula is C27H33N3O3. The lowest BCUT2D eigenvalue weighted by Gasteiger charge is -2.17. The Bertz CT molecular complexity index is 1120. The molecule has 4 rings (SSSR count). The van der Waals surface area contributed by atoms with E-state index in [1.165, 1.54) is 12.8 Å². The van der Waals surface area contributed by atoms with Crippen molar-refractivity contribution in [3.63, 3.8) is 0 Å². The minimum absolute atomic E-state index is 0.154. The van der Waals surface area contributed by atoms with Gasteiger partial charge in [0.15, 0.2) is 0 Å². The van der Waals surface area contributed by atoms with Crippen LogP contribution in [0.3, 0.4) is 0 Å². The molecule has 1 aromatic heterocycles. The molecule has 3 aromatic rings. The van der Waals surface area contributed by atoms with Crippen LogP contribution in [0.1, 0.15) is 54.6 Å². The first-order valence-corrected chi connectivity index (χ1v) is 11.6. The van der Waals surface area contributed by atoms with Crippen LogP contribution in [-0.2, 0) is 6.54 Å². The summed E-state index contributed by atoms with van der Waals surface area (Å²) < 4.78 is 5.75. The maximum Gasteiger partial charge on any atom is 0.255 e. The zero-order valence-electron chi connectivity index (χ0n) is 19.6. The molecule has 0 bridgehead atoms. The highest BCUT2D eigenvalue weighted by molar-refractivity contribution is 6.06. The van der Waals surface area contributed by atoms with Gasteiger partial charge in [0.2, 0.25) is 0 Å². The predicted octanol–water partition coefficient (Wildman–Crippen LogP) is 4.83. The number of carbonyl (C=O) groups is 1. The summed E-state index contributed by atoms with van der Waals surface area (Å²) in [4.78, 5) is 17.4. The lowest BCUT2D eigenvalue weighted by atomic mass is 10.1. The monoisotopic (exact) mass is 447 g/mol. The predicted molar refractivity (Wildman–Crippen MR) is 132 cm³/mol. The second-order valence-corrected chi connectivity index (χ2v) is 9.63. The number of benzene rings is 2. The van der Waals surface area contributed by atoms with Gasteiger partial charge in [-0.1, -0.05) is 6.07 Å². The molecular weight excluding hydrogens is 414 g/mol. The van der Waals surface area contributed by atoms with E-state index in [-0.39, 0.29) is 5.91 Å². The fourth-order valence-electron chi connectivity index (χ4n) is 3.65. The van der Waals surface area contributed by atoms with Gasteiger partial charge in [0.1, 0.15) is 5.75 Å². The summed E-state index contributed by atoms with van der Waals surface area (Å²) in [5.41, 5.74) is 3.57. The van der Waals surface area contributed by atoms with Crippen molar-refractivity contribution >= 4 is 22.5 Å². The quantitative estimate of drug-likeness (QED) is 0.388. The Morgan fingerprint density at radius 2 is 1.94 bits per heavy atom. The average molecular weight is 448 g/mol. The Morgan fingerprint density at radius 3 is 2.64 bits per heavy atom. The zero-order chi connectivity index (χ0) is 23.4. The molecule has 1 aliphatic carbocycles. The molecule has 1 fully saturated rings. The third-order valence-corrected chi connectivity index (χ3v) is 5.95. The highest BCUT2D eigenvalue weighted by Gasteiger charge is 2.22. The molecule has 0 spiro atoms. The molecule has 33 heavy (non-hydrogen) atoms. The third kappa shape index (κ3) is 6.53. The highest BCUT2D eigenvalue weighted by atomic mass is 16.5. The molecule has 0 radical (unpaired) electrons. The van der Waals surface area contributed by atoms with Crippen molar-refractivity contribution in [1.29, 1.82) is 0 Å². The second-order valence-electron chi connectivity index (χ2n) is 9.63. The van der Waals surface area contributed by atoms with E-state index in [0.717, 1.165) is 46.6 Å². The number of amides is 1. The minimum Gasteiger partial charge on any atom is -0.493 e.